The van der Waals surface area contributed by atoms with Gasteiger partial charge in [0.2, 0.25) is 0 Å². The summed E-state index contributed by atoms with van der Waals surface area (Å²) in [4.78, 5) is 25.7. The number of fused-ring (bicyclic) bond motifs is 1. The normalized spacial score (nSPS) is 32.8. The SMILES string of the molecule is O=C1NC(=O)C2NCC(O)N=C2N1. The van der Waals surface area contributed by atoms with Crippen LogP contribution >= 0.6 is 0 Å². The summed E-state index contributed by atoms with van der Waals surface area (Å²) in [5.74, 6) is -0.276. The van der Waals surface area contributed by atoms with Crippen molar-refractivity contribution in [1.29, 1.82) is 0 Å². The van der Waals surface area contributed by atoms with Crippen molar-refractivity contribution in [3.63, 3.8) is 0 Å². The number of β-amino-alcohol motifs (C(OH)–C–C–N with tert-alkyl or cyclic N) is 1. The fourth-order valence-corrected chi connectivity index (χ4v) is 1.25. The molecule has 2 aliphatic rings. The molecule has 2 heterocycles. The number of imide groups is 1. The van der Waals surface area contributed by atoms with Crippen LogP contribution in [0.5, 0.6) is 0 Å². The molecule has 0 aromatic heterocycles. The molecule has 3 amide bonds. The largest absolute Gasteiger partial charge is 0.370 e. The van der Waals surface area contributed by atoms with E-state index >= 15 is 0 Å². The Bertz CT molecular complexity index is 300. The highest BCUT2D eigenvalue weighted by Crippen LogP contribution is 2.01. The summed E-state index contributed by atoms with van der Waals surface area (Å²) in [6.45, 7) is 0.206. The van der Waals surface area contributed by atoms with Crippen LogP contribution in [0.15, 0.2) is 4.99 Å². The summed E-state index contributed by atoms with van der Waals surface area (Å²) in [5.41, 5.74) is 0. The van der Waals surface area contributed by atoms with E-state index in [1.54, 1.807) is 0 Å². The number of rotatable bonds is 0. The van der Waals surface area contributed by atoms with E-state index in [1.807, 2.05) is 0 Å². The average molecular weight is 184 g/mol. The summed E-state index contributed by atoms with van der Waals surface area (Å²) in [6, 6.07) is -1.27. The van der Waals surface area contributed by atoms with Crippen LogP contribution < -0.4 is 16.0 Å². The molecule has 0 aromatic carbocycles. The van der Waals surface area contributed by atoms with E-state index in [9.17, 15) is 9.59 Å². The Labute approximate surface area is 73.2 Å². The lowest BCUT2D eigenvalue weighted by Crippen LogP contribution is -2.66. The van der Waals surface area contributed by atoms with Gasteiger partial charge in [-0.15, -0.1) is 0 Å². The third kappa shape index (κ3) is 1.38. The molecular formula is C6H8N4O3. The van der Waals surface area contributed by atoms with Gasteiger partial charge in [-0.05, 0) is 0 Å². The lowest BCUT2D eigenvalue weighted by Gasteiger charge is -2.29. The summed E-state index contributed by atoms with van der Waals surface area (Å²) in [6.07, 6.45) is -0.905. The molecule has 2 unspecified atom stereocenters. The molecule has 13 heavy (non-hydrogen) atoms. The minimum Gasteiger partial charge on any atom is -0.370 e. The maximum Gasteiger partial charge on any atom is 0.326 e. The number of carbonyl (C=O) groups excluding carboxylic acids is 2. The van der Waals surface area contributed by atoms with E-state index in [-0.39, 0.29) is 12.4 Å². The number of hydrogen-bond acceptors (Lipinski definition) is 5. The average Bonchev–Trinajstić information content (AvgIpc) is 2.02. The number of amidine groups is 1. The molecule has 0 bridgehead atoms. The topological polar surface area (TPSA) is 103 Å². The first-order valence-corrected chi connectivity index (χ1v) is 3.78. The van der Waals surface area contributed by atoms with Crippen LogP contribution in [0.3, 0.4) is 0 Å². The van der Waals surface area contributed by atoms with Gasteiger partial charge in [0.25, 0.3) is 5.91 Å². The Kier molecular flexibility index (Phi) is 1.74. The first kappa shape index (κ1) is 8.14. The Morgan fingerprint density at radius 1 is 1.38 bits per heavy atom. The molecule has 1 fully saturated rings. The molecule has 2 aliphatic heterocycles. The van der Waals surface area contributed by atoms with Crippen LogP contribution in [0.4, 0.5) is 4.79 Å². The lowest BCUT2D eigenvalue weighted by molar-refractivity contribution is -0.121. The van der Waals surface area contributed by atoms with Gasteiger partial charge in [0.15, 0.2) is 6.23 Å². The summed E-state index contributed by atoms with van der Waals surface area (Å²) >= 11 is 0. The molecule has 2 rings (SSSR count). The third-order valence-corrected chi connectivity index (χ3v) is 1.81. The van der Waals surface area contributed by atoms with Crippen molar-refractivity contribution in [2.24, 2.45) is 4.99 Å². The second kappa shape index (κ2) is 2.79. The molecule has 70 valence electrons. The van der Waals surface area contributed by atoms with Crippen molar-refractivity contribution in [3.05, 3.63) is 0 Å². The van der Waals surface area contributed by atoms with Crippen LogP contribution in [0, 0.1) is 0 Å². The van der Waals surface area contributed by atoms with E-state index in [0.717, 1.165) is 0 Å². The van der Waals surface area contributed by atoms with Gasteiger partial charge < -0.3 is 5.11 Å². The molecule has 0 radical (unpaired) electrons. The molecule has 7 heteroatoms. The zero-order valence-electron chi connectivity index (χ0n) is 6.57. The number of urea groups is 1. The Morgan fingerprint density at radius 2 is 2.15 bits per heavy atom. The summed E-state index contributed by atoms with van der Waals surface area (Å²) in [5, 5.41) is 16.2. The fourth-order valence-electron chi connectivity index (χ4n) is 1.25. The van der Waals surface area contributed by atoms with Gasteiger partial charge in [-0.1, -0.05) is 0 Å². The van der Waals surface area contributed by atoms with E-state index in [0.29, 0.717) is 0 Å². The third-order valence-electron chi connectivity index (χ3n) is 1.81. The molecule has 1 saturated heterocycles. The van der Waals surface area contributed by atoms with E-state index in [4.69, 9.17) is 5.11 Å². The molecule has 7 nitrogen and oxygen atoms in total. The minimum atomic E-state index is -0.905. The second-order valence-corrected chi connectivity index (χ2v) is 2.78. The highest BCUT2D eigenvalue weighted by atomic mass is 16.3. The van der Waals surface area contributed by atoms with Gasteiger partial charge in [0.1, 0.15) is 11.9 Å². The van der Waals surface area contributed by atoms with Gasteiger partial charge in [-0.2, -0.15) is 0 Å². The Morgan fingerprint density at radius 3 is 2.92 bits per heavy atom. The summed E-state index contributed by atoms with van der Waals surface area (Å²) in [7, 11) is 0. The Hall–Kier alpha value is -1.47. The molecule has 0 saturated carbocycles. The van der Waals surface area contributed by atoms with Gasteiger partial charge >= 0.3 is 6.03 Å². The number of nitrogens with one attached hydrogen (secondary N) is 3. The van der Waals surface area contributed by atoms with Gasteiger partial charge in [0, 0.05) is 6.54 Å². The number of hydrogen-bond donors (Lipinski definition) is 4. The number of aliphatic hydroxyl groups excluding tert-OH is 1. The zero-order chi connectivity index (χ0) is 9.42. The first-order chi connectivity index (χ1) is 6.16. The number of aliphatic hydroxyl groups is 1. The quantitative estimate of drug-likeness (QED) is 0.334. The smallest absolute Gasteiger partial charge is 0.326 e. The van der Waals surface area contributed by atoms with Crippen molar-refractivity contribution in [2.75, 3.05) is 6.54 Å². The van der Waals surface area contributed by atoms with E-state index in [2.05, 4.69) is 20.9 Å². The maximum atomic E-state index is 11.1. The van der Waals surface area contributed by atoms with Crippen molar-refractivity contribution in [2.45, 2.75) is 12.3 Å². The molecule has 0 spiro atoms. The molecular weight excluding hydrogens is 176 g/mol. The number of aliphatic imine (C=N–C) groups is 1. The monoisotopic (exact) mass is 184 g/mol. The van der Waals surface area contributed by atoms with E-state index < -0.39 is 24.2 Å². The van der Waals surface area contributed by atoms with Crippen LogP contribution in [0.1, 0.15) is 0 Å². The zero-order valence-corrected chi connectivity index (χ0v) is 6.57. The molecule has 4 N–H and O–H groups in total. The Balaban J connectivity index is 2.26. The minimum absolute atomic E-state index is 0.174. The van der Waals surface area contributed by atoms with E-state index in [1.165, 1.54) is 0 Å². The highest BCUT2D eigenvalue weighted by Gasteiger charge is 2.35. The predicted molar refractivity (Wildman–Crippen MR) is 41.9 cm³/mol. The van der Waals surface area contributed by atoms with Crippen molar-refractivity contribution < 1.29 is 14.7 Å². The van der Waals surface area contributed by atoms with Gasteiger partial charge in [0.05, 0.1) is 0 Å². The number of carbonyl (C=O) groups is 2. The standard InChI is InChI=1S/C6H8N4O3/c11-2-1-7-3-4(8-2)9-6(13)10-5(3)12/h2-3,7,11H,1H2,(H2,8,9,10,12,13). The van der Waals surface area contributed by atoms with Crippen LogP contribution in [0.2, 0.25) is 0 Å². The highest BCUT2D eigenvalue weighted by molar-refractivity contribution is 6.20. The van der Waals surface area contributed by atoms with Crippen molar-refractivity contribution in [3.8, 4) is 0 Å². The van der Waals surface area contributed by atoms with Crippen LogP contribution in [-0.4, -0.2) is 41.7 Å². The number of amides is 3. The first-order valence-electron chi connectivity index (χ1n) is 3.78. The summed E-state index contributed by atoms with van der Waals surface area (Å²) < 4.78 is 0. The molecule has 0 aliphatic carbocycles. The van der Waals surface area contributed by atoms with Crippen molar-refractivity contribution in [1.82, 2.24) is 16.0 Å². The maximum absolute atomic E-state index is 11.1. The van der Waals surface area contributed by atoms with Crippen LogP contribution in [0.25, 0.3) is 0 Å². The molecule has 0 aromatic rings. The van der Waals surface area contributed by atoms with Crippen molar-refractivity contribution >= 4 is 17.8 Å². The predicted octanol–water partition coefficient (Wildman–Crippen LogP) is -2.49. The lowest BCUT2D eigenvalue weighted by atomic mass is 10.2. The van der Waals surface area contributed by atoms with Crippen LogP contribution in [-0.2, 0) is 4.79 Å². The van der Waals surface area contributed by atoms with Gasteiger partial charge in [-0.3, -0.25) is 20.7 Å². The number of nitrogens with zero attached hydrogens (tertiary/aromatic N) is 1. The fraction of sp³-hybridized carbons (Fsp3) is 0.500. The van der Waals surface area contributed by atoms with Gasteiger partial charge in [-0.25, -0.2) is 9.79 Å². The second-order valence-electron chi connectivity index (χ2n) is 2.78. The molecule has 2 atom stereocenters.